The lowest BCUT2D eigenvalue weighted by Crippen LogP contribution is -2.04. The van der Waals surface area contributed by atoms with Crippen LogP contribution < -0.4 is 4.74 Å². The normalized spacial score (nSPS) is 9.46. The Hall–Kier alpha value is -1.29. The topological polar surface area (TPSA) is 48.4 Å². The molecule has 13 heavy (non-hydrogen) atoms. The van der Waals surface area contributed by atoms with Crippen molar-refractivity contribution in [2.45, 2.75) is 0 Å². The Balaban J connectivity index is 3.08. The largest absolute Gasteiger partial charge is 0.481 e. The van der Waals surface area contributed by atoms with Crippen LogP contribution in [0, 0.1) is 0 Å². The van der Waals surface area contributed by atoms with Crippen LogP contribution in [-0.2, 0) is 4.74 Å². The summed E-state index contributed by atoms with van der Waals surface area (Å²) in [5.74, 6) is -0.256. The molecule has 1 aromatic heterocycles. The molecule has 0 aliphatic carbocycles. The van der Waals surface area contributed by atoms with Gasteiger partial charge in [-0.05, 0) is 6.07 Å². The summed E-state index contributed by atoms with van der Waals surface area (Å²) >= 11 is 5.70. The summed E-state index contributed by atoms with van der Waals surface area (Å²) in [6.07, 6.45) is 0. The number of halogens is 1. The van der Waals surface area contributed by atoms with Crippen molar-refractivity contribution in [3.8, 4) is 5.88 Å². The number of aromatic nitrogens is 1. The molecule has 0 aromatic carbocycles. The highest BCUT2D eigenvalue weighted by molar-refractivity contribution is 6.31. The first kappa shape index (κ1) is 9.80. The Morgan fingerprint density at radius 1 is 1.46 bits per heavy atom. The zero-order chi connectivity index (χ0) is 9.84. The molecule has 0 aliphatic heterocycles. The van der Waals surface area contributed by atoms with Gasteiger partial charge in [0, 0.05) is 11.1 Å². The van der Waals surface area contributed by atoms with E-state index in [1.165, 1.54) is 26.4 Å². The fourth-order valence-corrected chi connectivity index (χ4v) is 0.984. The van der Waals surface area contributed by atoms with Crippen molar-refractivity contribution in [3.63, 3.8) is 0 Å². The van der Waals surface area contributed by atoms with Gasteiger partial charge in [0.05, 0.1) is 14.2 Å². The van der Waals surface area contributed by atoms with Crippen molar-refractivity contribution in [1.82, 2.24) is 4.98 Å². The summed E-state index contributed by atoms with van der Waals surface area (Å²) in [6, 6.07) is 2.92. The molecule has 0 atom stereocenters. The van der Waals surface area contributed by atoms with Crippen LogP contribution in [0.1, 0.15) is 10.5 Å². The lowest BCUT2D eigenvalue weighted by molar-refractivity contribution is 0.0593. The average molecular weight is 202 g/mol. The van der Waals surface area contributed by atoms with Gasteiger partial charge in [-0.25, -0.2) is 9.78 Å². The zero-order valence-electron chi connectivity index (χ0n) is 7.20. The molecule has 0 radical (unpaired) electrons. The third-order valence-corrected chi connectivity index (χ3v) is 1.59. The fourth-order valence-electron chi connectivity index (χ4n) is 0.787. The Labute approximate surface area is 80.4 Å². The van der Waals surface area contributed by atoms with Crippen molar-refractivity contribution in [1.29, 1.82) is 0 Å². The maximum atomic E-state index is 11.0. The number of hydrogen-bond acceptors (Lipinski definition) is 4. The van der Waals surface area contributed by atoms with Crippen molar-refractivity contribution in [2.24, 2.45) is 0 Å². The summed E-state index contributed by atoms with van der Waals surface area (Å²) in [5, 5.41) is 0.382. The molecule has 5 heteroatoms. The van der Waals surface area contributed by atoms with E-state index in [0.717, 1.165) is 0 Å². The molecule has 0 unspecified atom stereocenters. The lowest BCUT2D eigenvalue weighted by atomic mass is 10.3. The van der Waals surface area contributed by atoms with E-state index in [1.807, 2.05) is 0 Å². The molecule has 4 nitrogen and oxygen atoms in total. The number of methoxy groups -OCH3 is 2. The molecular formula is C8H8ClNO3. The van der Waals surface area contributed by atoms with Gasteiger partial charge in [0.15, 0.2) is 5.69 Å². The highest BCUT2D eigenvalue weighted by Gasteiger charge is 2.09. The summed E-state index contributed by atoms with van der Waals surface area (Å²) in [6.45, 7) is 0. The molecule has 0 saturated carbocycles. The third-order valence-electron chi connectivity index (χ3n) is 1.37. The number of carbonyl (C=O) groups excluding carboxylic acids is 1. The predicted octanol–water partition coefficient (Wildman–Crippen LogP) is 1.53. The number of nitrogens with zero attached hydrogens (tertiary/aromatic N) is 1. The maximum Gasteiger partial charge on any atom is 0.356 e. The van der Waals surface area contributed by atoms with Crippen LogP contribution in [-0.4, -0.2) is 25.2 Å². The van der Waals surface area contributed by atoms with Gasteiger partial charge in [-0.1, -0.05) is 11.6 Å². The monoisotopic (exact) mass is 201 g/mol. The Kier molecular flexibility index (Phi) is 3.08. The van der Waals surface area contributed by atoms with E-state index in [9.17, 15) is 4.79 Å². The minimum Gasteiger partial charge on any atom is -0.481 e. The molecular weight excluding hydrogens is 194 g/mol. The second kappa shape index (κ2) is 4.09. The first-order chi connectivity index (χ1) is 6.17. The van der Waals surface area contributed by atoms with Crippen LogP contribution in [0.4, 0.5) is 0 Å². The van der Waals surface area contributed by atoms with E-state index in [1.54, 1.807) is 0 Å². The minimum absolute atomic E-state index is 0.131. The zero-order valence-corrected chi connectivity index (χ0v) is 7.96. The van der Waals surface area contributed by atoms with Crippen molar-refractivity contribution < 1.29 is 14.3 Å². The fraction of sp³-hybridized carbons (Fsp3) is 0.250. The second-order valence-corrected chi connectivity index (χ2v) is 2.64. The van der Waals surface area contributed by atoms with E-state index in [0.29, 0.717) is 5.02 Å². The Morgan fingerprint density at radius 2 is 2.15 bits per heavy atom. The van der Waals surface area contributed by atoms with E-state index < -0.39 is 5.97 Å². The predicted molar refractivity (Wildman–Crippen MR) is 47.1 cm³/mol. The summed E-state index contributed by atoms with van der Waals surface area (Å²) in [7, 11) is 2.72. The van der Waals surface area contributed by atoms with Gasteiger partial charge < -0.3 is 9.47 Å². The number of carbonyl (C=O) groups is 1. The van der Waals surface area contributed by atoms with Gasteiger partial charge in [-0.15, -0.1) is 0 Å². The number of esters is 1. The number of ether oxygens (including phenoxy) is 2. The van der Waals surface area contributed by atoms with Gasteiger partial charge in [0.25, 0.3) is 0 Å². The van der Waals surface area contributed by atoms with E-state index in [4.69, 9.17) is 16.3 Å². The molecule has 0 spiro atoms. The smallest absolute Gasteiger partial charge is 0.356 e. The molecule has 1 rings (SSSR count). The number of pyridine rings is 1. The summed E-state index contributed by atoms with van der Waals surface area (Å²) in [4.78, 5) is 14.9. The molecule has 0 bridgehead atoms. The Morgan fingerprint density at radius 3 is 2.69 bits per heavy atom. The van der Waals surface area contributed by atoms with Gasteiger partial charge in [0.1, 0.15) is 0 Å². The van der Waals surface area contributed by atoms with Gasteiger partial charge in [-0.3, -0.25) is 0 Å². The molecule has 0 fully saturated rings. The molecule has 0 N–H and O–H groups in total. The Bertz CT molecular complexity index is 327. The first-order valence-electron chi connectivity index (χ1n) is 3.47. The van der Waals surface area contributed by atoms with Crippen molar-refractivity contribution >= 4 is 17.6 Å². The van der Waals surface area contributed by atoms with Crippen LogP contribution in [0.3, 0.4) is 0 Å². The first-order valence-corrected chi connectivity index (χ1v) is 3.85. The van der Waals surface area contributed by atoms with E-state index >= 15 is 0 Å². The third kappa shape index (κ3) is 2.32. The molecule has 0 amide bonds. The summed E-state index contributed by atoms with van der Waals surface area (Å²) < 4.78 is 9.30. The average Bonchev–Trinajstić information content (AvgIpc) is 2.15. The van der Waals surface area contributed by atoms with Crippen LogP contribution in [0.15, 0.2) is 12.1 Å². The molecule has 70 valence electrons. The molecule has 1 heterocycles. The van der Waals surface area contributed by atoms with Gasteiger partial charge in [0.2, 0.25) is 5.88 Å². The van der Waals surface area contributed by atoms with E-state index in [-0.39, 0.29) is 11.6 Å². The quantitative estimate of drug-likeness (QED) is 0.681. The van der Waals surface area contributed by atoms with Crippen LogP contribution in [0.5, 0.6) is 5.88 Å². The SMILES string of the molecule is COC(=O)c1cc(Cl)cc(OC)n1. The highest BCUT2D eigenvalue weighted by atomic mass is 35.5. The molecule has 0 saturated heterocycles. The molecule has 1 aromatic rings. The van der Waals surface area contributed by atoms with Crippen LogP contribution in [0.25, 0.3) is 0 Å². The lowest BCUT2D eigenvalue weighted by Gasteiger charge is -2.02. The number of rotatable bonds is 2. The second-order valence-electron chi connectivity index (χ2n) is 2.20. The number of hydrogen-bond donors (Lipinski definition) is 0. The van der Waals surface area contributed by atoms with Crippen molar-refractivity contribution in [3.05, 3.63) is 22.8 Å². The summed E-state index contributed by atoms with van der Waals surface area (Å²) in [5.41, 5.74) is 0.131. The van der Waals surface area contributed by atoms with Crippen LogP contribution >= 0.6 is 11.6 Å². The minimum atomic E-state index is -0.541. The maximum absolute atomic E-state index is 11.0. The standard InChI is InChI=1S/C8H8ClNO3/c1-12-7-4-5(9)3-6(10-7)8(11)13-2/h3-4H,1-2H3. The molecule has 0 aliphatic rings. The van der Waals surface area contributed by atoms with E-state index in [2.05, 4.69) is 9.72 Å². The highest BCUT2D eigenvalue weighted by Crippen LogP contribution is 2.17. The van der Waals surface area contributed by atoms with Crippen molar-refractivity contribution in [2.75, 3.05) is 14.2 Å². The van der Waals surface area contributed by atoms with Crippen LogP contribution in [0.2, 0.25) is 5.02 Å². The van der Waals surface area contributed by atoms with Gasteiger partial charge in [-0.2, -0.15) is 0 Å². The van der Waals surface area contributed by atoms with Gasteiger partial charge >= 0.3 is 5.97 Å².